The van der Waals surface area contributed by atoms with Crippen LogP contribution in [0.5, 0.6) is 0 Å². The van der Waals surface area contributed by atoms with Crippen molar-refractivity contribution in [1.29, 1.82) is 0 Å². The van der Waals surface area contributed by atoms with Crippen LogP contribution in [0.25, 0.3) is 10.2 Å². The average molecular weight is 285 g/mol. The van der Waals surface area contributed by atoms with Crippen LogP contribution in [0, 0.1) is 0 Å². The van der Waals surface area contributed by atoms with E-state index in [2.05, 4.69) is 10.3 Å². The summed E-state index contributed by atoms with van der Waals surface area (Å²) in [7, 11) is 0. The molecule has 1 N–H and O–H groups in total. The second-order valence-electron chi connectivity index (χ2n) is 4.19. The molecule has 0 saturated carbocycles. The highest BCUT2D eigenvalue weighted by Crippen LogP contribution is 2.12. The topological polar surface area (TPSA) is 64.0 Å². The molecular formula is C14H11N3O2S. The second kappa shape index (κ2) is 5.26. The minimum atomic E-state index is -0.429. The van der Waals surface area contributed by atoms with Gasteiger partial charge < -0.3 is 5.32 Å². The van der Waals surface area contributed by atoms with Crippen molar-refractivity contribution < 1.29 is 4.79 Å². The molecule has 0 unspecified atom stereocenters. The quantitative estimate of drug-likeness (QED) is 0.785. The van der Waals surface area contributed by atoms with Crippen LogP contribution in [-0.2, 0) is 6.54 Å². The van der Waals surface area contributed by atoms with E-state index in [1.165, 1.54) is 0 Å². The van der Waals surface area contributed by atoms with Crippen LogP contribution in [0.3, 0.4) is 0 Å². The van der Waals surface area contributed by atoms with Crippen molar-refractivity contribution in [3.05, 3.63) is 64.6 Å². The zero-order chi connectivity index (χ0) is 13.9. The van der Waals surface area contributed by atoms with Crippen molar-refractivity contribution in [3.8, 4) is 0 Å². The van der Waals surface area contributed by atoms with E-state index in [-0.39, 0.29) is 5.56 Å². The molecule has 0 radical (unpaired) electrons. The molecule has 0 saturated heterocycles. The summed E-state index contributed by atoms with van der Waals surface area (Å²) in [5.74, 6) is 0. The summed E-state index contributed by atoms with van der Waals surface area (Å²) in [5.41, 5.74) is 0.650. The first-order valence-electron chi connectivity index (χ1n) is 6.05. The Bertz CT molecular complexity index is 808. The van der Waals surface area contributed by atoms with Crippen LogP contribution in [0.2, 0.25) is 0 Å². The molecule has 100 valence electrons. The summed E-state index contributed by atoms with van der Waals surface area (Å²) in [6, 6.07) is 12.5. The number of benzene rings is 1. The molecule has 0 spiro atoms. The van der Waals surface area contributed by atoms with Gasteiger partial charge in [-0.15, -0.1) is 0 Å². The van der Waals surface area contributed by atoms with Crippen LogP contribution in [0.1, 0.15) is 5.56 Å². The van der Waals surface area contributed by atoms with Gasteiger partial charge in [-0.3, -0.25) is 4.79 Å². The fraction of sp³-hybridized carbons (Fsp3) is 0.0714. The first-order valence-corrected chi connectivity index (χ1v) is 6.82. The molecule has 20 heavy (non-hydrogen) atoms. The minimum Gasteiger partial charge on any atom is -0.333 e. The van der Waals surface area contributed by atoms with Gasteiger partial charge in [-0.05, 0) is 29.2 Å². The molecule has 3 rings (SSSR count). The van der Waals surface area contributed by atoms with Gasteiger partial charge >= 0.3 is 6.03 Å². The zero-order valence-electron chi connectivity index (χ0n) is 10.4. The van der Waals surface area contributed by atoms with E-state index < -0.39 is 6.03 Å². The molecular weight excluding hydrogens is 274 g/mol. The number of pyridine rings is 1. The van der Waals surface area contributed by atoms with Gasteiger partial charge in [0.1, 0.15) is 4.83 Å². The normalized spacial score (nSPS) is 10.6. The summed E-state index contributed by atoms with van der Waals surface area (Å²) >= 11 is 1.05. The number of rotatable bonds is 2. The monoisotopic (exact) mass is 285 g/mol. The van der Waals surface area contributed by atoms with E-state index in [1.54, 1.807) is 18.3 Å². The molecule has 3 aromatic rings. The molecule has 2 heterocycles. The lowest BCUT2D eigenvalue weighted by atomic mass is 10.2. The molecule has 0 bridgehead atoms. The number of aromatic nitrogens is 2. The van der Waals surface area contributed by atoms with Gasteiger partial charge in [-0.1, -0.05) is 30.3 Å². The van der Waals surface area contributed by atoms with Crippen molar-refractivity contribution in [2.75, 3.05) is 0 Å². The van der Waals surface area contributed by atoms with Crippen LogP contribution in [-0.4, -0.2) is 15.0 Å². The molecule has 1 aromatic carbocycles. The summed E-state index contributed by atoms with van der Waals surface area (Å²) < 4.78 is 1.10. The highest BCUT2D eigenvalue weighted by Gasteiger charge is 2.13. The third-order valence-electron chi connectivity index (χ3n) is 2.83. The van der Waals surface area contributed by atoms with Gasteiger partial charge in [0.25, 0.3) is 5.56 Å². The maximum Gasteiger partial charge on any atom is 0.338 e. The number of carbonyl (C=O) groups is 1. The maximum atomic E-state index is 12.1. The second-order valence-corrected chi connectivity index (χ2v) is 5.13. The van der Waals surface area contributed by atoms with Gasteiger partial charge in [0.15, 0.2) is 0 Å². The number of amides is 1. The Labute approximate surface area is 118 Å². The molecule has 0 aliphatic carbocycles. The van der Waals surface area contributed by atoms with Crippen molar-refractivity contribution in [3.63, 3.8) is 0 Å². The summed E-state index contributed by atoms with van der Waals surface area (Å²) in [6.45, 7) is 0.383. The molecule has 5 nitrogen and oxygen atoms in total. The number of fused-ring (bicyclic) bond motifs is 1. The van der Waals surface area contributed by atoms with Crippen molar-refractivity contribution in [1.82, 2.24) is 14.3 Å². The van der Waals surface area contributed by atoms with Gasteiger partial charge in [-0.25, -0.2) is 9.78 Å². The molecule has 0 fully saturated rings. The Morgan fingerprint density at radius 1 is 1.20 bits per heavy atom. The van der Waals surface area contributed by atoms with E-state index in [9.17, 15) is 9.59 Å². The first kappa shape index (κ1) is 12.6. The fourth-order valence-electron chi connectivity index (χ4n) is 1.84. The number of nitrogens with one attached hydrogen (secondary N) is 1. The first-order chi connectivity index (χ1) is 9.75. The highest BCUT2D eigenvalue weighted by atomic mass is 32.1. The summed E-state index contributed by atoms with van der Waals surface area (Å²) in [5, 5.41) is 3.19. The van der Waals surface area contributed by atoms with Crippen LogP contribution < -0.4 is 10.9 Å². The van der Waals surface area contributed by atoms with E-state index in [1.807, 2.05) is 30.3 Å². The standard InChI is InChI=1S/C14H11N3O2S/c18-13-11-7-4-8-15-12(11)20-17(13)14(19)16-9-10-5-2-1-3-6-10/h1-8H,9H2,(H,16,19). The van der Waals surface area contributed by atoms with Crippen LogP contribution in [0.4, 0.5) is 4.79 Å². The summed E-state index contributed by atoms with van der Waals surface area (Å²) in [4.78, 5) is 28.7. The van der Waals surface area contributed by atoms with Gasteiger partial charge in [-0.2, -0.15) is 3.96 Å². The SMILES string of the molecule is O=C(NCc1ccccc1)n1sc2ncccc2c1=O. The van der Waals surface area contributed by atoms with E-state index in [0.29, 0.717) is 16.8 Å². The molecule has 0 aliphatic rings. The Kier molecular flexibility index (Phi) is 3.30. The van der Waals surface area contributed by atoms with E-state index in [0.717, 1.165) is 21.1 Å². The predicted molar refractivity (Wildman–Crippen MR) is 78.0 cm³/mol. The van der Waals surface area contributed by atoms with E-state index in [4.69, 9.17) is 0 Å². The number of nitrogens with zero attached hydrogens (tertiary/aromatic N) is 2. The molecule has 1 amide bonds. The molecule has 6 heteroatoms. The zero-order valence-corrected chi connectivity index (χ0v) is 11.3. The van der Waals surface area contributed by atoms with Crippen molar-refractivity contribution >= 4 is 27.8 Å². The lowest BCUT2D eigenvalue weighted by Crippen LogP contribution is -2.32. The van der Waals surface area contributed by atoms with Gasteiger partial charge in [0.2, 0.25) is 0 Å². The molecule has 0 atom stereocenters. The van der Waals surface area contributed by atoms with Crippen molar-refractivity contribution in [2.45, 2.75) is 6.54 Å². The smallest absolute Gasteiger partial charge is 0.333 e. The third-order valence-corrected chi connectivity index (χ3v) is 3.85. The lowest BCUT2D eigenvalue weighted by Gasteiger charge is -2.03. The maximum absolute atomic E-state index is 12.1. The molecule has 2 aromatic heterocycles. The largest absolute Gasteiger partial charge is 0.338 e. The van der Waals surface area contributed by atoms with Gasteiger partial charge in [0.05, 0.1) is 5.39 Å². The molecule has 0 aliphatic heterocycles. The number of hydrogen-bond donors (Lipinski definition) is 1. The third kappa shape index (κ3) is 2.33. The Morgan fingerprint density at radius 2 is 2.00 bits per heavy atom. The van der Waals surface area contributed by atoms with Crippen LogP contribution in [0.15, 0.2) is 53.5 Å². The lowest BCUT2D eigenvalue weighted by molar-refractivity contribution is 0.243. The predicted octanol–water partition coefficient (Wildman–Crippen LogP) is 2.22. The minimum absolute atomic E-state index is 0.330. The number of carbonyl (C=O) groups excluding carboxylic acids is 1. The van der Waals surface area contributed by atoms with Crippen molar-refractivity contribution in [2.24, 2.45) is 0 Å². The number of hydrogen-bond acceptors (Lipinski definition) is 4. The Balaban J connectivity index is 1.83. The van der Waals surface area contributed by atoms with Crippen LogP contribution >= 0.6 is 11.5 Å². The van der Waals surface area contributed by atoms with E-state index >= 15 is 0 Å². The Hall–Kier alpha value is -2.47. The Morgan fingerprint density at radius 3 is 2.75 bits per heavy atom. The van der Waals surface area contributed by atoms with Gasteiger partial charge in [0, 0.05) is 12.7 Å². The average Bonchev–Trinajstić information content (AvgIpc) is 2.84. The highest BCUT2D eigenvalue weighted by molar-refractivity contribution is 7.14. The fourth-order valence-corrected chi connectivity index (χ4v) is 2.71. The summed E-state index contributed by atoms with van der Waals surface area (Å²) in [6.07, 6.45) is 1.60.